The Labute approximate surface area is 177 Å². The summed E-state index contributed by atoms with van der Waals surface area (Å²) in [5.41, 5.74) is 5.28. The largest absolute Gasteiger partial charge is 0.382 e. The van der Waals surface area contributed by atoms with E-state index in [2.05, 4.69) is 0 Å². The molecule has 176 valence electrons. The number of rotatable bonds is 19. The summed E-state index contributed by atoms with van der Waals surface area (Å²) >= 11 is 0. The van der Waals surface area contributed by atoms with Gasteiger partial charge in [-0.3, -0.25) is 0 Å². The molecule has 8 nitrogen and oxygen atoms in total. The van der Waals surface area contributed by atoms with Crippen LogP contribution in [0.1, 0.15) is 48.5 Å². The molecule has 6 atom stereocenters. The van der Waals surface area contributed by atoms with Gasteiger partial charge < -0.3 is 38.9 Å². The van der Waals surface area contributed by atoms with Crippen LogP contribution in [0.25, 0.3) is 0 Å². The average molecular weight is 424 g/mol. The molecule has 0 amide bonds. The van der Waals surface area contributed by atoms with Crippen molar-refractivity contribution in [2.24, 2.45) is 5.73 Å². The van der Waals surface area contributed by atoms with Gasteiger partial charge in [0.25, 0.3) is 0 Å². The van der Waals surface area contributed by atoms with Crippen molar-refractivity contribution in [3.05, 3.63) is 0 Å². The Balaban J connectivity index is 3.94. The Morgan fingerprint density at radius 3 is 1.55 bits per heavy atom. The van der Waals surface area contributed by atoms with Gasteiger partial charge in [0.2, 0.25) is 0 Å². The van der Waals surface area contributed by atoms with E-state index in [9.17, 15) is 0 Å². The fourth-order valence-electron chi connectivity index (χ4n) is 2.32. The smallest absolute Gasteiger partial charge is 0.137 e. The molecule has 0 aliphatic carbocycles. The van der Waals surface area contributed by atoms with Crippen molar-refractivity contribution in [2.75, 3.05) is 53.4 Å². The molecule has 0 aliphatic rings. The molecule has 0 aromatic rings. The molecule has 0 rings (SSSR count). The van der Waals surface area contributed by atoms with E-state index >= 15 is 0 Å². The molecule has 0 heterocycles. The molecule has 8 heteroatoms. The second-order valence-corrected chi connectivity index (χ2v) is 7.90. The highest BCUT2D eigenvalue weighted by Gasteiger charge is 2.22. The Kier molecular flexibility index (Phi) is 16.2. The fraction of sp³-hybridized carbons (Fsp3) is 1.00. The summed E-state index contributed by atoms with van der Waals surface area (Å²) in [7, 11) is 1.66. The zero-order valence-corrected chi connectivity index (χ0v) is 19.8. The predicted octanol–water partition coefficient (Wildman–Crippen LogP) is 2.37. The van der Waals surface area contributed by atoms with Crippen LogP contribution >= 0.6 is 0 Å². The lowest BCUT2D eigenvalue weighted by Crippen LogP contribution is -2.47. The summed E-state index contributed by atoms with van der Waals surface area (Å²) in [6, 6.07) is 0. The Morgan fingerprint density at radius 1 is 0.655 bits per heavy atom. The first-order valence-electron chi connectivity index (χ1n) is 10.6. The third-order valence-electron chi connectivity index (χ3n) is 4.00. The molecule has 0 bridgehead atoms. The first-order chi connectivity index (χ1) is 13.6. The van der Waals surface area contributed by atoms with Crippen LogP contribution in [0.15, 0.2) is 0 Å². The maximum atomic E-state index is 6.18. The first-order valence-corrected chi connectivity index (χ1v) is 10.6. The van der Waals surface area contributed by atoms with E-state index in [4.69, 9.17) is 38.9 Å². The lowest BCUT2D eigenvalue weighted by molar-refractivity contribution is -0.140. The number of hydrogen-bond donors (Lipinski definition) is 1. The van der Waals surface area contributed by atoms with Gasteiger partial charge in [0.05, 0.1) is 70.2 Å². The minimum Gasteiger partial charge on any atom is -0.382 e. The monoisotopic (exact) mass is 423 g/mol. The summed E-state index contributed by atoms with van der Waals surface area (Å²) in [6.45, 7) is 16.9. The molecule has 0 saturated heterocycles. The third-order valence-corrected chi connectivity index (χ3v) is 4.00. The average Bonchev–Trinajstić information content (AvgIpc) is 2.66. The normalized spacial score (nSPS) is 19.3. The highest BCUT2D eigenvalue weighted by molar-refractivity contribution is 4.68. The standard InChI is InChI=1S/C21H45NO7/c1-9-24-17(3)11-27-20(6)14-29-21(7,22)15-28-19(5)13-26-18(4)12-25-16(2)10-23-8/h16-20H,9-15,22H2,1-8H3/t16-,17-,18-,19+,20?,21+/m1/s1. The van der Waals surface area contributed by atoms with E-state index < -0.39 is 5.72 Å². The van der Waals surface area contributed by atoms with Crippen LogP contribution in [0.5, 0.6) is 0 Å². The predicted molar refractivity (Wildman–Crippen MR) is 113 cm³/mol. The first kappa shape index (κ1) is 28.7. The molecular weight excluding hydrogens is 378 g/mol. The molecule has 1 unspecified atom stereocenters. The van der Waals surface area contributed by atoms with E-state index in [0.29, 0.717) is 39.6 Å². The third kappa shape index (κ3) is 17.1. The summed E-state index contributed by atoms with van der Waals surface area (Å²) < 4.78 is 39.2. The van der Waals surface area contributed by atoms with Crippen LogP contribution in [-0.2, 0) is 33.2 Å². The molecule has 0 spiro atoms. The van der Waals surface area contributed by atoms with Gasteiger partial charge >= 0.3 is 0 Å². The van der Waals surface area contributed by atoms with Crippen LogP contribution in [0.2, 0.25) is 0 Å². The van der Waals surface area contributed by atoms with Crippen LogP contribution in [0, 0.1) is 0 Å². The molecule has 0 saturated carbocycles. The lowest BCUT2D eigenvalue weighted by atomic mass is 10.3. The molecule has 0 aromatic carbocycles. The molecule has 29 heavy (non-hydrogen) atoms. The van der Waals surface area contributed by atoms with Crippen LogP contribution < -0.4 is 5.73 Å². The second-order valence-electron chi connectivity index (χ2n) is 7.90. The van der Waals surface area contributed by atoms with Crippen molar-refractivity contribution in [3.63, 3.8) is 0 Å². The van der Waals surface area contributed by atoms with Gasteiger partial charge in [0.1, 0.15) is 5.72 Å². The highest BCUT2D eigenvalue weighted by Crippen LogP contribution is 2.08. The van der Waals surface area contributed by atoms with Crippen molar-refractivity contribution in [1.29, 1.82) is 0 Å². The van der Waals surface area contributed by atoms with Crippen molar-refractivity contribution in [3.8, 4) is 0 Å². The van der Waals surface area contributed by atoms with E-state index in [0.717, 1.165) is 0 Å². The Hall–Kier alpha value is -0.320. The minimum absolute atomic E-state index is 0.0297. The molecule has 0 aliphatic heterocycles. The van der Waals surface area contributed by atoms with Gasteiger partial charge in [-0.05, 0) is 48.5 Å². The molecule has 0 aromatic heterocycles. The maximum Gasteiger partial charge on any atom is 0.137 e. The second kappa shape index (κ2) is 16.4. The van der Waals surface area contributed by atoms with Crippen LogP contribution in [0.4, 0.5) is 0 Å². The zero-order valence-electron chi connectivity index (χ0n) is 19.8. The SMILES string of the molecule is CCO[C@H](C)COC(C)CO[C@](C)(N)CO[C@@H](C)CO[C@H](C)CO[C@H](C)COC. The van der Waals surface area contributed by atoms with Gasteiger partial charge in [0, 0.05) is 13.7 Å². The topological polar surface area (TPSA) is 90.6 Å². The Bertz CT molecular complexity index is 384. The quantitative estimate of drug-likeness (QED) is 0.317. The summed E-state index contributed by atoms with van der Waals surface area (Å²) in [6.07, 6.45) is -0.114. The van der Waals surface area contributed by atoms with Crippen molar-refractivity contribution < 1.29 is 33.2 Å². The van der Waals surface area contributed by atoms with Gasteiger partial charge in [-0.1, -0.05) is 0 Å². The summed E-state index contributed by atoms with van der Waals surface area (Å²) in [5.74, 6) is 0. The van der Waals surface area contributed by atoms with Crippen molar-refractivity contribution >= 4 is 0 Å². The minimum atomic E-state index is -0.901. The van der Waals surface area contributed by atoms with E-state index in [1.165, 1.54) is 0 Å². The van der Waals surface area contributed by atoms with Gasteiger partial charge in [-0.25, -0.2) is 0 Å². The summed E-state index contributed by atoms with van der Waals surface area (Å²) in [4.78, 5) is 0. The van der Waals surface area contributed by atoms with E-state index in [-0.39, 0.29) is 37.1 Å². The highest BCUT2D eigenvalue weighted by atomic mass is 16.6. The molecular formula is C21H45NO7. The zero-order chi connectivity index (χ0) is 22.3. The molecule has 0 fully saturated rings. The van der Waals surface area contributed by atoms with Crippen LogP contribution in [-0.4, -0.2) is 89.6 Å². The maximum absolute atomic E-state index is 6.18. The van der Waals surface area contributed by atoms with Gasteiger partial charge in [-0.15, -0.1) is 0 Å². The van der Waals surface area contributed by atoms with Gasteiger partial charge in [0.15, 0.2) is 0 Å². The number of ether oxygens (including phenoxy) is 7. The van der Waals surface area contributed by atoms with E-state index in [1.807, 2.05) is 41.5 Å². The van der Waals surface area contributed by atoms with Crippen LogP contribution in [0.3, 0.4) is 0 Å². The number of methoxy groups -OCH3 is 1. The van der Waals surface area contributed by atoms with E-state index in [1.54, 1.807) is 14.0 Å². The number of nitrogens with two attached hydrogens (primary N) is 1. The molecule has 0 radical (unpaired) electrons. The van der Waals surface area contributed by atoms with Crippen molar-refractivity contribution in [2.45, 2.75) is 84.7 Å². The fourth-order valence-corrected chi connectivity index (χ4v) is 2.32. The molecule has 2 N–H and O–H groups in total. The van der Waals surface area contributed by atoms with Crippen molar-refractivity contribution in [1.82, 2.24) is 0 Å². The van der Waals surface area contributed by atoms with Gasteiger partial charge in [-0.2, -0.15) is 0 Å². The summed E-state index contributed by atoms with van der Waals surface area (Å²) in [5, 5.41) is 0. The Morgan fingerprint density at radius 2 is 1.07 bits per heavy atom. The lowest BCUT2D eigenvalue weighted by Gasteiger charge is -2.29. The number of hydrogen-bond acceptors (Lipinski definition) is 8.